The second-order valence-electron chi connectivity index (χ2n) is 8.31. The van der Waals surface area contributed by atoms with Crippen LogP contribution in [0.15, 0.2) is 81.7 Å². The monoisotopic (exact) mass is 408 g/mol. The van der Waals surface area contributed by atoms with Crippen molar-refractivity contribution in [2.45, 2.75) is 13.8 Å². The van der Waals surface area contributed by atoms with E-state index in [2.05, 4.69) is 86.7 Å². The number of rotatable bonds is 0. The molecule has 2 aromatic rings. The largest absolute Gasteiger partial charge is 0.146 e. The molecule has 0 heterocycles. The lowest BCUT2D eigenvalue weighted by molar-refractivity contribution is 0.728. The van der Waals surface area contributed by atoms with Crippen molar-refractivity contribution in [3.8, 4) is 0 Å². The topological polar surface area (TPSA) is 0 Å². The van der Waals surface area contributed by atoms with Gasteiger partial charge in [-0.1, -0.05) is 71.8 Å². The minimum Gasteiger partial charge on any atom is -0.146 e. The summed E-state index contributed by atoms with van der Waals surface area (Å²) >= 11 is 10.1. The first-order chi connectivity index (χ1) is 14.0. The van der Waals surface area contributed by atoms with Crippen LogP contribution in [0.25, 0.3) is 23.3 Å². The summed E-state index contributed by atoms with van der Waals surface area (Å²) in [5, 5.41) is 0. The Morgan fingerprint density at radius 1 is 0.621 bits per heavy atom. The summed E-state index contributed by atoms with van der Waals surface area (Å²) in [5.74, 6) is 0. The summed E-state index contributed by atoms with van der Waals surface area (Å²) in [4.78, 5) is 2.05. The second kappa shape index (κ2) is 5.81. The van der Waals surface area contributed by atoms with Crippen molar-refractivity contribution in [2.24, 2.45) is 5.41 Å². The maximum atomic E-state index is 5.03. The van der Waals surface area contributed by atoms with Crippen LogP contribution in [-0.2, 0) is 0 Å². The van der Waals surface area contributed by atoms with E-state index in [-0.39, 0.29) is 0 Å². The maximum absolute atomic E-state index is 5.03. The highest BCUT2D eigenvalue weighted by Gasteiger charge is 2.50. The molecule has 140 valence electrons. The molecule has 0 fully saturated rings. The zero-order valence-electron chi connectivity index (χ0n) is 16.3. The quantitative estimate of drug-likeness (QED) is 0.423. The summed E-state index contributed by atoms with van der Waals surface area (Å²) in [6, 6.07) is 13.4. The highest BCUT2D eigenvalue weighted by molar-refractivity contribution is 7.86. The third kappa shape index (κ3) is 2.14. The van der Waals surface area contributed by atoms with Crippen molar-refractivity contribution < 1.29 is 0 Å². The first-order valence-corrected chi connectivity index (χ1v) is 10.8. The van der Waals surface area contributed by atoms with Crippen LogP contribution in [-0.4, -0.2) is 0 Å². The average Bonchev–Trinajstić information content (AvgIpc) is 3.24. The molecule has 2 heteroatoms. The van der Waals surface area contributed by atoms with Crippen LogP contribution in [0.4, 0.5) is 0 Å². The minimum absolute atomic E-state index is 0.444. The van der Waals surface area contributed by atoms with Gasteiger partial charge in [-0.2, -0.15) is 0 Å². The number of fused-ring (bicyclic) bond motifs is 8. The fraction of sp³-hybridized carbons (Fsp3) is 0.111. The Morgan fingerprint density at radius 2 is 1.07 bits per heavy atom. The highest BCUT2D eigenvalue weighted by Crippen LogP contribution is 2.65. The van der Waals surface area contributed by atoms with E-state index in [1.54, 1.807) is 0 Å². The third-order valence-electron chi connectivity index (χ3n) is 6.57. The molecule has 0 saturated carbocycles. The number of hydrogen-bond donors (Lipinski definition) is 2. The Balaban J connectivity index is 1.64. The van der Waals surface area contributed by atoms with Gasteiger partial charge in [0.2, 0.25) is 0 Å². The van der Waals surface area contributed by atoms with Crippen molar-refractivity contribution in [2.75, 3.05) is 0 Å². The molecule has 4 aliphatic carbocycles. The lowest BCUT2D eigenvalue weighted by Crippen LogP contribution is -2.30. The lowest BCUT2D eigenvalue weighted by Gasteiger charge is -2.42. The SMILES string of the molecule is Cc1ccc2c(c1)C=C1C2=CC=C(S)C12C(S)=CC=C1C2=Cc2cc(C)ccc21. The smallest absolute Gasteiger partial charge is 0.0826 e. The molecule has 4 aliphatic rings. The van der Waals surface area contributed by atoms with Crippen molar-refractivity contribution in [1.82, 2.24) is 0 Å². The Morgan fingerprint density at radius 3 is 1.52 bits per heavy atom. The van der Waals surface area contributed by atoms with E-state index >= 15 is 0 Å². The first kappa shape index (κ1) is 17.4. The van der Waals surface area contributed by atoms with Crippen LogP contribution in [0.1, 0.15) is 33.4 Å². The minimum atomic E-state index is -0.444. The molecule has 0 nitrogen and oxygen atoms in total. The predicted octanol–water partition coefficient (Wildman–Crippen LogP) is 7.21. The van der Waals surface area contributed by atoms with Crippen molar-refractivity contribution >= 4 is 48.6 Å². The van der Waals surface area contributed by atoms with Gasteiger partial charge in [0, 0.05) is 9.81 Å². The first-order valence-electron chi connectivity index (χ1n) is 9.90. The molecule has 0 atom stereocenters. The number of benzene rings is 2. The normalized spacial score (nSPS) is 19.9. The fourth-order valence-corrected chi connectivity index (χ4v) is 6.19. The van der Waals surface area contributed by atoms with E-state index in [0.29, 0.717) is 0 Å². The van der Waals surface area contributed by atoms with Gasteiger partial charge in [-0.25, -0.2) is 0 Å². The summed E-state index contributed by atoms with van der Waals surface area (Å²) in [6.07, 6.45) is 13.4. The van der Waals surface area contributed by atoms with Gasteiger partial charge in [-0.3, -0.25) is 0 Å². The van der Waals surface area contributed by atoms with Crippen LogP contribution in [0.3, 0.4) is 0 Å². The van der Waals surface area contributed by atoms with E-state index in [4.69, 9.17) is 25.3 Å². The van der Waals surface area contributed by atoms with Crippen molar-refractivity contribution in [3.63, 3.8) is 0 Å². The molecule has 0 unspecified atom stereocenters. The molecule has 29 heavy (non-hydrogen) atoms. The summed E-state index contributed by atoms with van der Waals surface area (Å²) in [6.45, 7) is 4.30. The average molecular weight is 409 g/mol. The molecule has 6 rings (SSSR count). The molecule has 0 amide bonds. The molecule has 0 aromatic heterocycles. The molecule has 0 aliphatic heterocycles. The van der Waals surface area contributed by atoms with Gasteiger partial charge in [-0.15, -0.1) is 25.3 Å². The molecule has 1 spiro atoms. The van der Waals surface area contributed by atoms with E-state index < -0.39 is 5.41 Å². The van der Waals surface area contributed by atoms with Crippen molar-refractivity contribution in [3.05, 3.63) is 115 Å². The molecule has 2 aromatic carbocycles. The van der Waals surface area contributed by atoms with Crippen LogP contribution in [0, 0.1) is 19.3 Å². The van der Waals surface area contributed by atoms with Gasteiger partial charge >= 0.3 is 0 Å². The summed E-state index contributed by atoms with van der Waals surface area (Å²) in [5.41, 5.74) is 12.4. The van der Waals surface area contributed by atoms with Crippen LogP contribution < -0.4 is 0 Å². The Kier molecular flexibility index (Phi) is 3.49. The van der Waals surface area contributed by atoms with E-state index in [1.807, 2.05) is 0 Å². The Hall–Kier alpha value is -2.42. The van der Waals surface area contributed by atoms with Gasteiger partial charge in [0.15, 0.2) is 0 Å². The molecule has 0 radical (unpaired) electrons. The predicted molar refractivity (Wildman–Crippen MR) is 131 cm³/mol. The third-order valence-corrected chi connectivity index (χ3v) is 7.54. The zero-order valence-corrected chi connectivity index (χ0v) is 18.1. The Labute approximate surface area is 182 Å². The highest BCUT2D eigenvalue weighted by atomic mass is 32.1. The zero-order chi connectivity index (χ0) is 19.9. The van der Waals surface area contributed by atoms with E-state index in [9.17, 15) is 0 Å². The lowest BCUT2D eigenvalue weighted by atomic mass is 9.65. The molecule has 0 bridgehead atoms. The molecule has 0 N–H and O–H groups in total. The van der Waals surface area contributed by atoms with Crippen LogP contribution in [0.2, 0.25) is 0 Å². The van der Waals surface area contributed by atoms with E-state index in [1.165, 1.54) is 55.7 Å². The second-order valence-corrected chi connectivity index (χ2v) is 9.28. The van der Waals surface area contributed by atoms with Crippen LogP contribution in [0.5, 0.6) is 0 Å². The molecular formula is C27H20S2. The summed E-state index contributed by atoms with van der Waals surface area (Å²) in [7, 11) is 0. The molecular weight excluding hydrogens is 388 g/mol. The van der Waals surface area contributed by atoms with Gasteiger partial charge in [0.05, 0.1) is 5.41 Å². The summed E-state index contributed by atoms with van der Waals surface area (Å²) < 4.78 is 0. The standard InChI is InChI=1S/C27H20S2/c1-15-3-5-19-17(11-15)13-23-21(19)7-9-25(28)27(23)24-14-18-12-16(2)4-6-20(18)22(24)8-10-26(27)29/h3-14,28-29H,1-2H3. The maximum Gasteiger partial charge on any atom is 0.0826 e. The number of hydrogen-bond acceptors (Lipinski definition) is 2. The molecule has 0 saturated heterocycles. The number of allylic oxidation sites excluding steroid dienone is 10. The number of aryl methyl sites for hydroxylation is 2. The van der Waals surface area contributed by atoms with E-state index in [0.717, 1.165) is 9.81 Å². The van der Waals surface area contributed by atoms with Crippen LogP contribution >= 0.6 is 25.3 Å². The van der Waals surface area contributed by atoms with Crippen molar-refractivity contribution in [1.29, 1.82) is 0 Å². The fourth-order valence-electron chi connectivity index (χ4n) is 5.23. The van der Waals surface area contributed by atoms with Gasteiger partial charge < -0.3 is 0 Å². The van der Waals surface area contributed by atoms with Gasteiger partial charge in [0.25, 0.3) is 0 Å². The number of thiol groups is 2. The van der Waals surface area contributed by atoms with Gasteiger partial charge in [-0.05, 0) is 70.5 Å². The van der Waals surface area contributed by atoms with Gasteiger partial charge in [0.1, 0.15) is 0 Å². The Bertz CT molecular complexity index is 1220.